The fourth-order valence-corrected chi connectivity index (χ4v) is 4.61. The average molecular weight is 498 g/mol. The van der Waals surface area contributed by atoms with Gasteiger partial charge in [-0.25, -0.2) is 10.0 Å². The first kappa shape index (κ1) is 24.6. The summed E-state index contributed by atoms with van der Waals surface area (Å²) in [5, 5.41) is 16.5. The Balaban J connectivity index is 1.28. The maximum atomic E-state index is 13.3. The molecule has 5 rings (SSSR count). The third-order valence-corrected chi connectivity index (χ3v) is 6.70. The monoisotopic (exact) mass is 497 g/mol. The minimum absolute atomic E-state index is 0.0862. The fraction of sp³-hybridized carbons (Fsp3) is 0.321. The molecule has 2 amide bonds. The van der Waals surface area contributed by atoms with Gasteiger partial charge in [-0.3, -0.25) is 19.2 Å². The molecule has 1 aromatic heterocycles. The lowest BCUT2D eigenvalue weighted by molar-refractivity contribution is -0.136. The number of aromatic nitrogens is 2. The molecule has 3 heterocycles. The molecule has 0 aliphatic carbocycles. The zero-order valence-electron chi connectivity index (χ0n) is 21.0. The third kappa shape index (κ3) is 6.00. The van der Waals surface area contributed by atoms with Gasteiger partial charge < -0.3 is 0 Å². The zero-order chi connectivity index (χ0) is 25.6. The second-order valence-electron chi connectivity index (χ2n) is 9.34. The minimum Gasteiger partial charge on any atom is -0.281 e. The van der Waals surface area contributed by atoms with Crippen molar-refractivity contribution in [1.29, 1.82) is 0 Å². The molecule has 37 heavy (non-hydrogen) atoms. The van der Waals surface area contributed by atoms with Crippen LogP contribution in [0.3, 0.4) is 0 Å². The molecule has 2 aliphatic rings. The number of carbonyl (C=O) groups excluding carboxylic acids is 2. The van der Waals surface area contributed by atoms with Gasteiger partial charge in [0.05, 0.1) is 44.1 Å². The van der Waals surface area contributed by atoms with Gasteiger partial charge in [0.15, 0.2) is 0 Å². The molecule has 2 aromatic carbocycles. The molecule has 1 unspecified atom stereocenters. The van der Waals surface area contributed by atoms with E-state index in [9.17, 15) is 9.59 Å². The van der Waals surface area contributed by atoms with Crippen LogP contribution in [0.4, 0.5) is 0 Å². The summed E-state index contributed by atoms with van der Waals surface area (Å²) >= 11 is 0. The number of hydrogen-bond acceptors (Lipinski definition) is 6. The molecule has 0 spiro atoms. The highest BCUT2D eigenvalue weighted by Gasteiger charge is 2.29. The van der Waals surface area contributed by atoms with Crippen molar-refractivity contribution >= 4 is 23.2 Å². The van der Waals surface area contributed by atoms with Crippen LogP contribution in [0.2, 0.25) is 0 Å². The lowest BCUT2D eigenvalue weighted by Gasteiger charge is -2.29. The van der Waals surface area contributed by atoms with Crippen LogP contribution in [-0.2, 0) is 16.1 Å². The number of amides is 2. The standard InChI is InChI=1S/C28H31N7O2/c1-22(19-33-16-8-15-29-33)32(20-27(36)34-17-13-25(30-34)23-9-4-2-5-10-23)21-28(37)35-18-14-26(31-35)24-11-6-3-7-12-24/h2-12,15-16,22H,13-14,17-21H2,1H3. The van der Waals surface area contributed by atoms with E-state index in [4.69, 9.17) is 0 Å². The first-order valence-electron chi connectivity index (χ1n) is 12.6. The van der Waals surface area contributed by atoms with E-state index in [1.807, 2.05) is 89.4 Å². The Morgan fingerprint density at radius 2 is 1.32 bits per heavy atom. The number of hydrogen-bond donors (Lipinski definition) is 0. The van der Waals surface area contributed by atoms with Gasteiger partial charge in [0.1, 0.15) is 0 Å². The molecule has 190 valence electrons. The van der Waals surface area contributed by atoms with E-state index < -0.39 is 0 Å². The van der Waals surface area contributed by atoms with Gasteiger partial charge in [-0.2, -0.15) is 15.3 Å². The molecule has 1 atom stereocenters. The Hall–Kier alpha value is -4.11. The van der Waals surface area contributed by atoms with Crippen molar-refractivity contribution in [3.8, 4) is 0 Å². The maximum absolute atomic E-state index is 13.3. The molecular formula is C28H31N7O2. The van der Waals surface area contributed by atoms with E-state index in [0.29, 0.717) is 32.5 Å². The van der Waals surface area contributed by atoms with Crippen LogP contribution in [0.5, 0.6) is 0 Å². The second-order valence-corrected chi connectivity index (χ2v) is 9.34. The number of rotatable bonds is 9. The van der Waals surface area contributed by atoms with E-state index >= 15 is 0 Å². The fourth-order valence-electron chi connectivity index (χ4n) is 4.61. The Labute approximate surface area is 216 Å². The Bertz CT molecular complexity index is 1190. The molecule has 0 N–H and O–H groups in total. The second kappa shape index (κ2) is 11.3. The van der Waals surface area contributed by atoms with Crippen LogP contribution in [0, 0.1) is 0 Å². The SMILES string of the molecule is CC(Cn1cccn1)N(CC(=O)N1CCC(c2ccccc2)=N1)CC(=O)N1CCC(c2ccccc2)=N1. The summed E-state index contributed by atoms with van der Waals surface area (Å²) in [6.07, 6.45) is 5.03. The molecule has 9 nitrogen and oxygen atoms in total. The van der Waals surface area contributed by atoms with Gasteiger partial charge in [0.25, 0.3) is 11.8 Å². The van der Waals surface area contributed by atoms with Gasteiger partial charge in [0, 0.05) is 31.3 Å². The van der Waals surface area contributed by atoms with Gasteiger partial charge in [-0.15, -0.1) is 0 Å². The van der Waals surface area contributed by atoms with E-state index in [-0.39, 0.29) is 30.9 Å². The molecule has 0 fully saturated rings. The third-order valence-electron chi connectivity index (χ3n) is 6.70. The summed E-state index contributed by atoms with van der Waals surface area (Å²) in [4.78, 5) is 28.5. The predicted molar refractivity (Wildman–Crippen MR) is 142 cm³/mol. The Kier molecular flexibility index (Phi) is 7.51. The van der Waals surface area contributed by atoms with Crippen molar-refractivity contribution in [1.82, 2.24) is 24.7 Å². The molecular weight excluding hydrogens is 466 g/mol. The lowest BCUT2D eigenvalue weighted by Crippen LogP contribution is -2.47. The topological polar surface area (TPSA) is 86.4 Å². The molecule has 0 saturated carbocycles. The van der Waals surface area contributed by atoms with E-state index in [2.05, 4.69) is 15.3 Å². The summed E-state index contributed by atoms with van der Waals surface area (Å²) in [5.41, 5.74) is 3.86. The smallest absolute Gasteiger partial charge is 0.256 e. The number of hydrazone groups is 2. The van der Waals surface area contributed by atoms with E-state index in [0.717, 1.165) is 22.6 Å². The van der Waals surface area contributed by atoms with E-state index in [1.165, 1.54) is 10.0 Å². The van der Waals surface area contributed by atoms with Gasteiger partial charge in [0.2, 0.25) is 0 Å². The van der Waals surface area contributed by atoms with Crippen molar-refractivity contribution in [3.63, 3.8) is 0 Å². The highest BCUT2D eigenvalue weighted by Crippen LogP contribution is 2.17. The first-order chi connectivity index (χ1) is 18.1. The highest BCUT2D eigenvalue weighted by molar-refractivity contribution is 6.03. The summed E-state index contributed by atoms with van der Waals surface area (Å²) in [5.74, 6) is -0.248. The van der Waals surface area contributed by atoms with Crippen LogP contribution in [0.1, 0.15) is 30.9 Å². The first-order valence-corrected chi connectivity index (χ1v) is 12.6. The summed E-state index contributed by atoms with van der Waals surface area (Å²) < 4.78 is 1.82. The minimum atomic E-state index is -0.124. The number of nitrogens with zero attached hydrogens (tertiary/aromatic N) is 7. The molecule has 0 saturated heterocycles. The van der Waals surface area contributed by atoms with Crippen LogP contribution < -0.4 is 0 Å². The van der Waals surface area contributed by atoms with Crippen LogP contribution in [-0.4, -0.2) is 80.2 Å². The van der Waals surface area contributed by atoms with Gasteiger partial charge in [-0.05, 0) is 24.1 Å². The Morgan fingerprint density at radius 1 is 0.811 bits per heavy atom. The van der Waals surface area contributed by atoms with Crippen molar-refractivity contribution in [2.24, 2.45) is 10.2 Å². The zero-order valence-corrected chi connectivity index (χ0v) is 21.0. The van der Waals surface area contributed by atoms with Crippen LogP contribution >= 0.6 is 0 Å². The normalized spacial score (nSPS) is 16.2. The number of carbonyl (C=O) groups is 2. The largest absolute Gasteiger partial charge is 0.281 e. The number of benzene rings is 2. The highest BCUT2D eigenvalue weighted by atomic mass is 16.2. The molecule has 0 radical (unpaired) electrons. The predicted octanol–water partition coefficient (Wildman–Crippen LogP) is 2.85. The molecule has 9 heteroatoms. The van der Waals surface area contributed by atoms with Crippen molar-refractivity contribution in [2.75, 3.05) is 26.2 Å². The molecule has 3 aromatic rings. The maximum Gasteiger partial charge on any atom is 0.256 e. The van der Waals surface area contributed by atoms with Crippen LogP contribution in [0.15, 0.2) is 89.3 Å². The van der Waals surface area contributed by atoms with Gasteiger partial charge >= 0.3 is 0 Å². The molecule has 0 bridgehead atoms. The van der Waals surface area contributed by atoms with Crippen LogP contribution in [0.25, 0.3) is 0 Å². The summed E-state index contributed by atoms with van der Waals surface area (Å²) in [7, 11) is 0. The summed E-state index contributed by atoms with van der Waals surface area (Å²) in [6.45, 7) is 3.81. The Morgan fingerprint density at radius 3 is 1.78 bits per heavy atom. The van der Waals surface area contributed by atoms with Crippen molar-refractivity contribution < 1.29 is 9.59 Å². The quantitative estimate of drug-likeness (QED) is 0.455. The molecule has 2 aliphatic heterocycles. The van der Waals surface area contributed by atoms with Crippen molar-refractivity contribution in [3.05, 3.63) is 90.3 Å². The summed E-state index contributed by atoms with van der Waals surface area (Å²) in [6, 6.07) is 21.6. The van der Waals surface area contributed by atoms with Crippen molar-refractivity contribution in [2.45, 2.75) is 32.4 Å². The van der Waals surface area contributed by atoms with E-state index in [1.54, 1.807) is 6.20 Å². The lowest BCUT2D eigenvalue weighted by atomic mass is 10.1. The average Bonchev–Trinajstić information content (AvgIpc) is 3.71. The van der Waals surface area contributed by atoms with Gasteiger partial charge in [-0.1, -0.05) is 60.7 Å².